The van der Waals surface area contributed by atoms with Crippen molar-refractivity contribution < 1.29 is 0 Å². The maximum Gasteiger partial charge on any atom is 0.169 e. The number of thiocarbonyl (C=S) groups is 1. The van der Waals surface area contributed by atoms with Crippen LogP contribution in [0.15, 0.2) is 30.3 Å². The standard InChI is InChI=1S/C16H22N2S/c1-18(11-12-5-3-2-4-6-12)16(19)17-15-10-13-7-8-14(15)9-13/h2-6,13-15H,7-11H2,1H3,(H,17,19)/t13-,14-,15+/m1/s1. The number of nitrogens with zero attached hydrogens (tertiary/aromatic N) is 1. The fourth-order valence-corrected chi connectivity index (χ4v) is 3.84. The molecule has 1 aromatic carbocycles. The zero-order chi connectivity index (χ0) is 13.2. The zero-order valence-electron chi connectivity index (χ0n) is 11.5. The third kappa shape index (κ3) is 2.92. The smallest absolute Gasteiger partial charge is 0.169 e. The molecule has 3 atom stereocenters. The molecule has 2 nitrogen and oxygen atoms in total. The molecule has 0 amide bonds. The zero-order valence-corrected chi connectivity index (χ0v) is 12.3. The van der Waals surface area contributed by atoms with E-state index in [2.05, 4.69) is 47.6 Å². The molecule has 3 heteroatoms. The van der Waals surface area contributed by atoms with Crippen molar-refractivity contribution in [2.45, 2.75) is 38.3 Å². The van der Waals surface area contributed by atoms with E-state index in [0.717, 1.165) is 23.5 Å². The number of nitrogens with one attached hydrogen (secondary N) is 1. The van der Waals surface area contributed by atoms with Gasteiger partial charge < -0.3 is 10.2 Å². The molecule has 3 rings (SSSR count). The highest BCUT2D eigenvalue weighted by molar-refractivity contribution is 7.80. The first-order chi connectivity index (χ1) is 9.22. The lowest BCUT2D eigenvalue weighted by Gasteiger charge is -2.28. The van der Waals surface area contributed by atoms with Crippen molar-refractivity contribution in [3.63, 3.8) is 0 Å². The van der Waals surface area contributed by atoms with Gasteiger partial charge in [0.15, 0.2) is 5.11 Å². The summed E-state index contributed by atoms with van der Waals surface area (Å²) < 4.78 is 0. The Morgan fingerprint density at radius 3 is 2.68 bits per heavy atom. The Balaban J connectivity index is 1.53. The monoisotopic (exact) mass is 274 g/mol. The topological polar surface area (TPSA) is 15.3 Å². The van der Waals surface area contributed by atoms with E-state index in [9.17, 15) is 0 Å². The third-order valence-corrected chi connectivity index (χ3v) is 5.09. The van der Waals surface area contributed by atoms with Crippen molar-refractivity contribution in [3.05, 3.63) is 35.9 Å². The van der Waals surface area contributed by atoms with E-state index in [0.29, 0.717) is 6.04 Å². The molecule has 102 valence electrons. The van der Waals surface area contributed by atoms with Gasteiger partial charge in [-0.3, -0.25) is 0 Å². The Labute approximate surface area is 121 Å². The first-order valence-electron chi connectivity index (χ1n) is 7.28. The van der Waals surface area contributed by atoms with Crippen LogP contribution in [-0.4, -0.2) is 23.1 Å². The van der Waals surface area contributed by atoms with E-state index >= 15 is 0 Å². The molecule has 19 heavy (non-hydrogen) atoms. The molecule has 2 bridgehead atoms. The molecule has 0 radical (unpaired) electrons. The number of rotatable bonds is 3. The molecule has 0 aliphatic heterocycles. The summed E-state index contributed by atoms with van der Waals surface area (Å²) in [5, 5.41) is 4.49. The summed E-state index contributed by atoms with van der Waals surface area (Å²) in [4.78, 5) is 2.15. The Hall–Kier alpha value is -1.09. The normalized spacial score (nSPS) is 28.4. The highest BCUT2D eigenvalue weighted by Gasteiger charge is 2.39. The van der Waals surface area contributed by atoms with Crippen LogP contribution in [-0.2, 0) is 6.54 Å². The van der Waals surface area contributed by atoms with Crippen LogP contribution in [0.25, 0.3) is 0 Å². The summed E-state index contributed by atoms with van der Waals surface area (Å²) in [5.74, 6) is 1.83. The summed E-state index contributed by atoms with van der Waals surface area (Å²) in [6.07, 6.45) is 5.58. The van der Waals surface area contributed by atoms with Gasteiger partial charge in [0.25, 0.3) is 0 Å². The Morgan fingerprint density at radius 1 is 1.26 bits per heavy atom. The SMILES string of the molecule is CN(Cc1ccccc1)C(=S)N[C@H]1C[C@@H]2CC[C@@H]1C2. The number of benzene rings is 1. The summed E-state index contributed by atoms with van der Waals surface area (Å²) in [6.45, 7) is 0.882. The minimum absolute atomic E-state index is 0.629. The molecule has 1 aromatic rings. The van der Waals surface area contributed by atoms with Crippen molar-refractivity contribution in [2.24, 2.45) is 11.8 Å². The molecule has 2 aliphatic carbocycles. The van der Waals surface area contributed by atoms with Crippen LogP contribution in [0, 0.1) is 11.8 Å². The second-order valence-electron chi connectivity index (χ2n) is 6.07. The van der Waals surface area contributed by atoms with Crippen LogP contribution in [0.2, 0.25) is 0 Å². The van der Waals surface area contributed by atoms with Crippen LogP contribution in [0.1, 0.15) is 31.2 Å². The van der Waals surface area contributed by atoms with Gasteiger partial charge >= 0.3 is 0 Å². The molecule has 0 heterocycles. The number of hydrogen-bond acceptors (Lipinski definition) is 1. The van der Waals surface area contributed by atoms with Gasteiger partial charge in [-0.1, -0.05) is 36.8 Å². The van der Waals surface area contributed by atoms with Gasteiger partial charge in [-0.05, 0) is 48.9 Å². The van der Waals surface area contributed by atoms with Crippen LogP contribution >= 0.6 is 12.2 Å². The summed E-state index contributed by atoms with van der Waals surface area (Å²) in [7, 11) is 2.08. The van der Waals surface area contributed by atoms with Crippen molar-refractivity contribution in [1.82, 2.24) is 10.2 Å². The second-order valence-corrected chi connectivity index (χ2v) is 6.46. The van der Waals surface area contributed by atoms with Crippen molar-refractivity contribution in [3.8, 4) is 0 Å². The van der Waals surface area contributed by atoms with Gasteiger partial charge in [-0.2, -0.15) is 0 Å². The molecule has 0 aromatic heterocycles. The summed E-state index contributed by atoms with van der Waals surface area (Å²) >= 11 is 5.54. The van der Waals surface area contributed by atoms with Gasteiger partial charge in [0, 0.05) is 19.6 Å². The van der Waals surface area contributed by atoms with Gasteiger partial charge in [0.2, 0.25) is 0 Å². The predicted molar refractivity (Wildman–Crippen MR) is 82.9 cm³/mol. The molecule has 2 saturated carbocycles. The molecule has 0 unspecified atom stereocenters. The number of fused-ring (bicyclic) bond motifs is 2. The minimum atomic E-state index is 0.629. The molecular formula is C16H22N2S. The molecule has 2 aliphatic rings. The van der Waals surface area contributed by atoms with E-state index in [-0.39, 0.29) is 0 Å². The van der Waals surface area contributed by atoms with E-state index in [1.54, 1.807) is 0 Å². The quantitative estimate of drug-likeness (QED) is 0.852. The van der Waals surface area contributed by atoms with Gasteiger partial charge in [0.05, 0.1) is 0 Å². The lowest BCUT2D eigenvalue weighted by Crippen LogP contribution is -2.44. The fourth-order valence-electron chi connectivity index (χ4n) is 3.62. The number of hydrogen-bond donors (Lipinski definition) is 1. The van der Waals surface area contributed by atoms with Crippen molar-refractivity contribution >= 4 is 17.3 Å². The highest BCUT2D eigenvalue weighted by atomic mass is 32.1. The lowest BCUT2D eigenvalue weighted by atomic mass is 9.95. The van der Waals surface area contributed by atoms with Crippen molar-refractivity contribution in [2.75, 3.05) is 7.05 Å². The van der Waals surface area contributed by atoms with Crippen LogP contribution in [0.4, 0.5) is 0 Å². The average Bonchev–Trinajstić information content (AvgIpc) is 3.02. The maximum absolute atomic E-state index is 5.54. The Bertz CT molecular complexity index is 445. The first kappa shape index (κ1) is 12.9. The van der Waals surface area contributed by atoms with Crippen LogP contribution in [0.3, 0.4) is 0 Å². The van der Waals surface area contributed by atoms with Crippen LogP contribution < -0.4 is 5.32 Å². The Morgan fingerprint density at radius 2 is 2.05 bits per heavy atom. The predicted octanol–water partition coefficient (Wildman–Crippen LogP) is 3.18. The van der Waals surface area contributed by atoms with Gasteiger partial charge in [-0.25, -0.2) is 0 Å². The largest absolute Gasteiger partial charge is 0.360 e. The third-order valence-electron chi connectivity index (χ3n) is 4.66. The van der Waals surface area contributed by atoms with E-state index in [1.165, 1.54) is 31.2 Å². The van der Waals surface area contributed by atoms with E-state index in [1.807, 2.05) is 0 Å². The summed E-state index contributed by atoms with van der Waals surface area (Å²) in [6, 6.07) is 11.1. The molecule has 0 saturated heterocycles. The minimum Gasteiger partial charge on any atom is -0.360 e. The highest BCUT2D eigenvalue weighted by Crippen LogP contribution is 2.44. The van der Waals surface area contributed by atoms with Gasteiger partial charge in [-0.15, -0.1) is 0 Å². The van der Waals surface area contributed by atoms with Crippen LogP contribution in [0.5, 0.6) is 0 Å². The lowest BCUT2D eigenvalue weighted by molar-refractivity contribution is 0.373. The summed E-state index contributed by atoms with van der Waals surface area (Å²) in [5.41, 5.74) is 1.31. The Kier molecular flexibility index (Phi) is 3.74. The first-order valence-corrected chi connectivity index (χ1v) is 7.69. The maximum atomic E-state index is 5.54. The van der Waals surface area contributed by atoms with E-state index in [4.69, 9.17) is 12.2 Å². The fraction of sp³-hybridized carbons (Fsp3) is 0.562. The molecular weight excluding hydrogens is 252 g/mol. The van der Waals surface area contributed by atoms with Crippen molar-refractivity contribution in [1.29, 1.82) is 0 Å². The average molecular weight is 274 g/mol. The second kappa shape index (κ2) is 5.49. The molecule has 1 N–H and O–H groups in total. The van der Waals surface area contributed by atoms with Gasteiger partial charge in [0.1, 0.15) is 0 Å². The molecule has 0 spiro atoms. The van der Waals surface area contributed by atoms with E-state index < -0.39 is 0 Å². The molecule has 2 fully saturated rings.